The second kappa shape index (κ2) is 6.77. The molecular weight excluding hydrogens is 339 g/mol. The monoisotopic (exact) mass is 362 g/mol. The average molecular weight is 362 g/mol. The van der Waals surface area contributed by atoms with Gasteiger partial charge in [0.25, 0.3) is 0 Å². The molecule has 1 fully saturated rings. The van der Waals surface area contributed by atoms with Gasteiger partial charge in [0.2, 0.25) is 10.0 Å². The molecule has 1 heterocycles. The summed E-state index contributed by atoms with van der Waals surface area (Å²) in [5, 5.41) is 0. The van der Waals surface area contributed by atoms with Crippen molar-refractivity contribution in [2.45, 2.75) is 25.7 Å². The Morgan fingerprint density at radius 3 is 2.20 bits per heavy atom. The molecule has 6 heteroatoms. The number of anilines is 1. The molecule has 0 unspecified atom stereocenters. The van der Waals surface area contributed by atoms with Crippen LogP contribution in [-0.2, 0) is 10.0 Å². The molecule has 0 saturated carbocycles. The van der Waals surface area contributed by atoms with Gasteiger partial charge in [0.15, 0.2) is 0 Å². The van der Waals surface area contributed by atoms with E-state index in [1.54, 1.807) is 6.92 Å². The van der Waals surface area contributed by atoms with Crippen molar-refractivity contribution >= 4 is 15.7 Å². The lowest BCUT2D eigenvalue weighted by Crippen LogP contribution is -2.49. The molecule has 25 heavy (non-hydrogen) atoms. The van der Waals surface area contributed by atoms with Crippen LogP contribution in [0.3, 0.4) is 0 Å². The molecule has 3 rings (SSSR count). The predicted molar refractivity (Wildman–Crippen MR) is 98.0 cm³/mol. The molecule has 0 N–H and O–H groups in total. The van der Waals surface area contributed by atoms with E-state index in [1.807, 2.05) is 0 Å². The molecule has 1 aliphatic rings. The minimum absolute atomic E-state index is 0.189. The summed E-state index contributed by atoms with van der Waals surface area (Å²) in [4.78, 5) is 2.42. The molecule has 1 saturated heterocycles. The van der Waals surface area contributed by atoms with Crippen molar-refractivity contribution in [2.24, 2.45) is 0 Å². The van der Waals surface area contributed by atoms with Gasteiger partial charge in [-0.3, -0.25) is 0 Å². The Bertz CT molecular complexity index is 888. The normalized spacial score (nSPS) is 16.2. The van der Waals surface area contributed by atoms with Crippen LogP contribution in [0.1, 0.15) is 16.7 Å². The van der Waals surface area contributed by atoms with E-state index in [0.29, 0.717) is 31.7 Å². The van der Waals surface area contributed by atoms with Gasteiger partial charge in [0.05, 0.1) is 4.90 Å². The fraction of sp³-hybridized carbons (Fsp3) is 0.368. The summed E-state index contributed by atoms with van der Waals surface area (Å²) < 4.78 is 40.5. The fourth-order valence-corrected chi connectivity index (χ4v) is 4.90. The Morgan fingerprint density at radius 2 is 1.56 bits per heavy atom. The van der Waals surface area contributed by atoms with E-state index in [1.165, 1.54) is 33.6 Å². The fourth-order valence-electron chi connectivity index (χ4n) is 3.27. The van der Waals surface area contributed by atoms with E-state index < -0.39 is 15.8 Å². The lowest BCUT2D eigenvalue weighted by atomic mass is 10.1. The van der Waals surface area contributed by atoms with Crippen molar-refractivity contribution < 1.29 is 12.8 Å². The molecule has 0 amide bonds. The molecule has 0 bridgehead atoms. The van der Waals surface area contributed by atoms with Gasteiger partial charge in [-0.1, -0.05) is 12.1 Å². The maximum Gasteiger partial charge on any atom is 0.243 e. The van der Waals surface area contributed by atoms with E-state index >= 15 is 0 Å². The van der Waals surface area contributed by atoms with Gasteiger partial charge >= 0.3 is 0 Å². The van der Waals surface area contributed by atoms with Gasteiger partial charge in [-0.05, 0) is 61.7 Å². The van der Waals surface area contributed by atoms with Crippen molar-refractivity contribution in [2.75, 3.05) is 31.1 Å². The smallest absolute Gasteiger partial charge is 0.243 e. The molecule has 0 aromatic heterocycles. The number of aryl methyl sites for hydroxylation is 3. The number of benzene rings is 2. The summed E-state index contributed by atoms with van der Waals surface area (Å²) in [7, 11) is -3.59. The summed E-state index contributed by atoms with van der Waals surface area (Å²) >= 11 is 0. The highest BCUT2D eigenvalue weighted by Crippen LogP contribution is 2.26. The molecule has 134 valence electrons. The third-order valence-corrected chi connectivity index (χ3v) is 6.76. The van der Waals surface area contributed by atoms with Gasteiger partial charge in [-0.25, -0.2) is 12.8 Å². The van der Waals surface area contributed by atoms with Crippen LogP contribution < -0.4 is 4.90 Å². The Labute approximate surface area is 148 Å². The molecule has 2 aromatic rings. The van der Waals surface area contributed by atoms with Crippen LogP contribution in [0.5, 0.6) is 0 Å². The van der Waals surface area contributed by atoms with Crippen LogP contribution in [0.15, 0.2) is 41.3 Å². The molecule has 0 radical (unpaired) electrons. The van der Waals surface area contributed by atoms with Crippen LogP contribution in [0.4, 0.5) is 10.1 Å². The summed E-state index contributed by atoms with van der Waals surface area (Å²) in [5.41, 5.74) is 3.99. The summed E-state index contributed by atoms with van der Waals surface area (Å²) in [6.07, 6.45) is 0. The Kier molecular flexibility index (Phi) is 4.84. The molecule has 0 aliphatic carbocycles. The molecule has 1 aliphatic heterocycles. The highest BCUT2D eigenvalue weighted by molar-refractivity contribution is 7.89. The van der Waals surface area contributed by atoms with Crippen molar-refractivity contribution in [1.29, 1.82) is 0 Å². The summed E-state index contributed by atoms with van der Waals surface area (Å²) in [6.45, 7) is 7.88. The molecule has 2 aromatic carbocycles. The van der Waals surface area contributed by atoms with E-state index in [9.17, 15) is 12.8 Å². The first-order chi connectivity index (χ1) is 11.8. The Hall–Kier alpha value is -1.92. The zero-order valence-corrected chi connectivity index (χ0v) is 15.6. The number of nitrogens with zero attached hydrogens (tertiary/aromatic N) is 2. The SMILES string of the molecule is Cc1ccc(C)c(N2CCN(S(=O)(=O)c3ccc(F)cc3C)CC2)c1. The standard InChI is InChI=1S/C19H23FN2O2S/c1-14-4-5-15(2)18(12-14)21-8-10-22(11-9-21)25(23,24)19-7-6-17(20)13-16(19)3/h4-7,12-13H,8-11H2,1-3H3. The molecular formula is C19H23FN2O2S. The summed E-state index contributed by atoms with van der Waals surface area (Å²) in [6, 6.07) is 10.1. The highest BCUT2D eigenvalue weighted by Gasteiger charge is 2.30. The average Bonchev–Trinajstić information content (AvgIpc) is 2.57. The summed E-state index contributed by atoms with van der Waals surface area (Å²) in [5.74, 6) is -0.420. The van der Waals surface area contributed by atoms with Gasteiger partial charge < -0.3 is 4.90 Å². The minimum atomic E-state index is -3.59. The zero-order valence-electron chi connectivity index (χ0n) is 14.8. The third-order valence-electron chi connectivity index (χ3n) is 4.70. The third kappa shape index (κ3) is 3.55. The largest absolute Gasteiger partial charge is 0.369 e. The van der Waals surface area contributed by atoms with Crippen LogP contribution in [-0.4, -0.2) is 38.9 Å². The molecule has 0 atom stereocenters. The topological polar surface area (TPSA) is 40.6 Å². The van der Waals surface area contributed by atoms with Crippen LogP contribution >= 0.6 is 0 Å². The quantitative estimate of drug-likeness (QED) is 0.841. The molecule has 4 nitrogen and oxygen atoms in total. The maximum atomic E-state index is 13.3. The predicted octanol–water partition coefficient (Wildman–Crippen LogP) is 3.26. The van der Waals surface area contributed by atoms with E-state index in [0.717, 1.165) is 5.69 Å². The first kappa shape index (κ1) is 17.9. The van der Waals surface area contributed by atoms with Crippen molar-refractivity contribution in [3.05, 3.63) is 58.9 Å². The number of halogens is 1. The number of rotatable bonds is 3. The Morgan fingerprint density at radius 1 is 0.880 bits per heavy atom. The number of sulfonamides is 1. The number of hydrogen-bond donors (Lipinski definition) is 0. The van der Waals surface area contributed by atoms with Crippen molar-refractivity contribution in [3.8, 4) is 0 Å². The van der Waals surface area contributed by atoms with Crippen molar-refractivity contribution in [1.82, 2.24) is 4.31 Å². The number of piperazine rings is 1. The minimum Gasteiger partial charge on any atom is -0.369 e. The second-order valence-corrected chi connectivity index (χ2v) is 8.50. The second-order valence-electron chi connectivity index (χ2n) is 6.59. The van der Waals surface area contributed by atoms with Crippen molar-refractivity contribution in [3.63, 3.8) is 0 Å². The highest BCUT2D eigenvalue weighted by atomic mass is 32.2. The van der Waals surface area contributed by atoms with Gasteiger partial charge in [0, 0.05) is 31.9 Å². The van der Waals surface area contributed by atoms with Crippen LogP contribution in [0.25, 0.3) is 0 Å². The van der Waals surface area contributed by atoms with Gasteiger partial charge in [-0.2, -0.15) is 4.31 Å². The van der Waals surface area contributed by atoms with E-state index in [4.69, 9.17) is 0 Å². The first-order valence-electron chi connectivity index (χ1n) is 8.37. The lowest BCUT2D eigenvalue weighted by Gasteiger charge is -2.36. The first-order valence-corrected chi connectivity index (χ1v) is 9.81. The Balaban J connectivity index is 1.78. The van der Waals surface area contributed by atoms with Gasteiger partial charge in [-0.15, -0.1) is 0 Å². The zero-order chi connectivity index (χ0) is 18.2. The van der Waals surface area contributed by atoms with E-state index in [-0.39, 0.29) is 4.90 Å². The molecule has 0 spiro atoms. The van der Waals surface area contributed by atoms with E-state index in [2.05, 4.69) is 36.9 Å². The number of hydrogen-bond acceptors (Lipinski definition) is 3. The lowest BCUT2D eigenvalue weighted by molar-refractivity contribution is 0.384. The maximum absolute atomic E-state index is 13.3. The van der Waals surface area contributed by atoms with Crippen LogP contribution in [0.2, 0.25) is 0 Å². The van der Waals surface area contributed by atoms with Crippen LogP contribution in [0, 0.1) is 26.6 Å². The van der Waals surface area contributed by atoms with Gasteiger partial charge in [0.1, 0.15) is 5.82 Å².